The van der Waals surface area contributed by atoms with Gasteiger partial charge in [0.25, 0.3) is 0 Å². The van der Waals surface area contributed by atoms with E-state index < -0.39 is 0 Å². The number of rotatable bonds is 7. The van der Waals surface area contributed by atoms with E-state index >= 15 is 0 Å². The molecule has 1 atom stereocenters. The van der Waals surface area contributed by atoms with Crippen molar-refractivity contribution in [1.82, 2.24) is 0 Å². The van der Waals surface area contributed by atoms with Gasteiger partial charge in [0, 0.05) is 17.1 Å². The van der Waals surface area contributed by atoms with Crippen molar-refractivity contribution in [2.24, 2.45) is 0 Å². The monoisotopic (exact) mass is 741 g/mol. The Kier molecular flexibility index (Phi) is 11.6. The summed E-state index contributed by atoms with van der Waals surface area (Å²) >= 11 is 0. The van der Waals surface area contributed by atoms with Crippen LogP contribution in [0.3, 0.4) is 0 Å². The lowest BCUT2D eigenvalue weighted by Crippen LogP contribution is -2.27. The molecule has 3 aliphatic rings. The van der Waals surface area contributed by atoms with Crippen LogP contribution in [0.4, 0.5) is 11.4 Å². The molecule has 0 saturated heterocycles. The number of fused-ring (bicyclic) bond motifs is 11. The van der Waals surface area contributed by atoms with Crippen molar-refractivity contribution >= 4 is 33.3 Å². The largest absolute Gasteiger partial charge is 0.311 e. The van der Waals surface area contributed by atoms with Crippen LogP contribution >= 0.6 is 0 Å². The lowest BCUT2D eigenvalue weighted by atomic mass is 9.67. The maximum Gasteiger partial charge on any atom is 0.0689 e. The molecule has 0 N–H and O–H groups in total. The van der Waals surface area contributed by atoms with E-state index in [1.807, 2.05) is 33.8 Å². The highest BCUT2D eigenvalue weighted by Crippen LogP contribution is 2.64. The molecule has 0 aliphatic heterocycles. The van der Waals surface area contributed by atoms with Crippen LogP contribution in [0, 0.1) is 0 Å². The van der Waals surface area contributed by atoms with Gasteiger partial charge in [-0.3, -0.25) is 0 Å². The first-order valence-electron chi connectivity index (χ1n) is 20.9. The van der Waals surface area contributed by atoms with Gasteiger partial charge in [-0.15, -0.1) is 0 Å². The molecule has 0 radical (unpaired) electrons. The molecule has 0 bridgehead atoms. The lowest BCUT2D eigenvalue weighted by Gasteiger charge is -2.33. The van der Waals surface area contributed by atoms with Gasteiger partial charge in [-0.2, -0.15) is 0 Å². The second-order valence-electron chi connectivity index (χ2n) is 14.2. The first-order chi connectivity index (χ1) is 28.1. The Hall–Kier alpha value is -6.18. The maximum atomic E-state index is 4.00. The predicted molar refractivity (Wildman–Crippen MR) is 250 cm³/mol. The first kappa shape index (κ1) is 39.1. The Balaban J connectivity index is 0.00000120. The van der Waals surface area contributed by atoms with Gasteiger partial charge in [0.2, 0.25) is 0 Å². The van der Waals surface area contributed by atoms with Crippen LogP contribution in [0.5, 0.6) is 0 Å². The smallest absolute Gasteiger partial charge is 0.0689 e. The van der Waals surface area contributed by atoms with E-state index in [1.54, 1.807) is 5.57 Å². The Morgan fingerprint density at radius 1 is 0.649 bits per heavy atom. The highest BCUT2D eigenvalue weighted by molar-refractivity contribution is 6.06. The fourth-order valence-electron chi connectivity index (χ4n) is 9.33. The molecule has 6 aromatic carbocycles. The molecule has 0 amide bonds. The molecule has 3 aliphatic carbocycles. The SMILES string of the molecule is C=C/C(=C\C)c1ccc(N(C(/C=C\C)=C/C)c2ccc(-c3ccc4c(c3)C3(C5=C4C=CCC5)c4ccccc4-c4c3ccc3ccccc43)cc2)cc1.CC.CC. The second-order valence-corrected chi connectivity index (χ2v) is 14.2. The third kappa shape index (κ3) is 6.36. The van der Waals surface area contributed by atoms with E-state index in [-0.39, 0.29) is 5.41 Å². The standard InChI is InChI=1S/C52H43N.2C2H6/c1-5-15-40(8-4)53(41-28-22-36(23-29-41)35(6-2)7-3)42-30-24-37(25-31-42)39-26-32-45-44-18-11-13-20-47(44)52(50(45)34-39)48-21-14-12-19-46(48)51-43-17-10-9-16-38(43)27-33-49(51)52;2*1-2/h5-12,14-19,21-34H,2,13,20H2,1,3-4H3;2*1-2H3/b15-5-,35-7+,40-8+;;. The van der Waals surface area contributed by atoms with Crippen molar-refractivity contribution in [3.05, 3.63) is 216 Å². The number of hydrogen-bond acceptors (Lipinski definition) is 1. The number of hydrogen-bond donors (Lipinski definition) is 0. The Morgan fingerprint density at radius 2 is 1.33 bits per heavy atom. The van der Waals surface area contributed by atoms with Gasteiger partial charge < -0.3 is 4.90 Å². The zero-order chi connectivity index (χ0) is 40.1. The molecule has 284 valence electrons. The third-order valence-corrected chi connectivity index (χ3v) is 11.6. The summed E-state index contributed by atoms with van der Waals surface area (Å²) < 4.78 is 0. The second kappa shape index (κ2) is 16.9. The summed E-state index contributed by atoms with van der Waals surface area (Å²) in [5, 5.41) is 2.63. The summed E-state index contributed by atoms with van der Waals surface area (Å²) in [4.78, 5) is 2.33. The highest BCUT2D eigenvalue weighted by Gasteiger charge is 2.53. The first-order valence-corrected chi connectivity index (χ1v) is 20.9. The number of nitrogens with zero attached hydrogens (tertiary/aromatic N) is 1. The van der Waals surface area contributed by atoms with Crippen molar-refractivity contribution in [1.29, 1.82) is 0 Å². The molecule has 0 aromatic heterocycles. The molecule has 0 saturated carbocycles. The van der Waals surface area contributed by atoms with Crippen molar-refractivity contribution < 1.29 is 0 Å². The Bertz CT molecular complexity index is 2590. The molecule has 0 heterocycles. The molecular weight excluding hydrogens is 687 g/mol. The molecule has 9 rings (SSSR count). The van der Waals surface area contributed by atoms with Crippen molar-refractivity contribution in [2.45, 2.75) is 66.7 Å². The zero-order valence-corrected chi connectivity index (χ0v) is 34.7. The van der Waals surface area contributed by atoms with Crippen LogP contribution in [-0.4, -0.2) is 0 Å². The van der Waals surface area contributed by atoms with E-state index in [4.69, 9.17) is 0 Å². The van der Waals surface area contributed by atoms with Gasteiger partial charge in [-0.05, 0) is 148 Å². The Labute approximate surface area is 341 Å². The molecule has 0 fully saturated rings. The van der Waals surface area contributed by atoms with Crippen LogP contribution in [0.25, 0.3) is 44.2 Å². The van der Waals surface area contributed by atoms with Crippen LogP contribution in [0.15, 0.2) is 188 Å². The molecule has 1 unspecified atom stereocenters. The molecule has 57 heavy (non-hydrogen) atoms. The highest BCUT2D eigenvalue weighted by atomic mass is 15.1. The minimum absolute atomic E-state index is 0.309. The number of benzene rings is 6. The molecule has 1 nitrogen and oxygen atoms in total. The molecular formula is C56H55N. The summed E-state index contributed by atoms with van der Waals surface area (Å²) in [6, 6.07) is 47.9. The minimum atomic E-state index is -0.309. The topological polar surface area (TPSA) is 3.24 Å². The number of allylic oxidation sites excluding steroid dienone is 10. The summed E-state index contributed by atoms with van der Waals surface area (Å²) in [5.74, 6) is 0. The molecule has 6 aromatic rings. The van der Waals surface area contributed by atoms with Gasteiger partial charge in [0.05, 0.1) is 5.41 Å². The normalized spacial score (nSPS) is 16.3. The van der Waals surface area contributed by atoms with E-state index in [2.05, 4.69) is 196 Å². The van der Waals surface area contributed by atoms with Crippen molar-refractivity contribution in [2.75, 3.05) is 4.90 Å². The maximum absolute atomic E-state index is 4.00. The number of anilines is 2. The quantitative estimate of drug-likeness (QED) is 0.147. The van der Waals surface area contributed by atoms with Crippen molar-refractivity contribution in [3.8, 4) is 22.3 Å². The average molecular weight is 742 g/mol. The summed E-state index contributed by atoms with van der Waals surface area (Å²) in [6.07, 6.45) is 17.4. The van der Waals surface area contributed by atoms with Crippen LogP contribution < -0.4 is 4.90 Å². The van der Waals surface area contributed by atoms with E-state index in [1.165, 1.54) is 60.9 Å². The molecule has 1 heteroatoms. The third-order valence-electron chi connectivity index (χ3n) is 11.6. The van der Waals surface area contributed by atoms with E-state index in [0.717, 1.165) is 41.1 Å². The van der Waals surface area contributed by atoms with Crippen LogP contribution in [0.1, 0.15) is 89.1 Å². The van der Waals surface area contributed by atoms with Gasteiger partial charge >= 0.3 is 0 Å². The molecule has 1 spiro atoms. The Morgan fingerprint density at radius 3 is 2.04 bits per heavy atom. The van der Waals surface area contributed by atoms with Crippen molar-refractivity contribution in [3.63, 3.8) is 0 Å². The fraction of sp³-hybridized carbons (Fsp3) is 0.179. The van der Waals surface area contributed by atoms with E-state index in [9.17, 15) is 0 Å². The van der Waals surface area contributed by atoms with E-state index in [0.29, 0.717) is 0 Å². The average Bonchev–Trinajstić information content (AvgIpc) is 3.76. The summed E-state index contributed by atoms with van der Waals surface area (Å²) in [6.45, 7) is 18.2. The van der Waals surface area contributed by atoms with Gasteiger partial charge in [0.1, 0.15) is 0 Å². The lowest BCUT2D eigenvalue weighted by molar-refractivity contribution is 0.715. The van der Waals surface area contributed by atoms with Gasteiger partial charge in [-0.25, -0.2) is 0 Å². The van der Waals surface area contributed by atoms with Crippen LogP contribution in [0.2, 0.25) is 0 Å². The zero-order valence-electron chi connectivity index (χ0n) is 34.7. The van der Waals surface area contributed by atoms with Crippen LogP contribution in [-0.2, 0) is 5.41 Å². The summed E-state index contributed by atoms with van der Waals surface area (Å²) in [7, 11) is 0. The minimum Gasteiger partial charge on any atom is -0.311 e. The summed E-state index contributed by atoms with van der Waals surface area (Å²) in [5.41, 5.74) is 19.1. The predicted octanol–water partition coefficient (Wildman–Crippen LogP) is 16.2. The van der Waals surface area contributed by atoms with Gasteiger partial charge in [0.15, 0.2) is 0 Å². The van der Waals surface area contributed by atoms with Gasteiger partial charge in [-0.1, -0.05) is 168 Å². The fourth-order valence-corrected chi connectivity index (χ4v) is 9.33.